The van der Waals surface area contributed by atoms with E-state index in [1.807, 2.05) is 39.1 Å². The maximum atomic E-state index is 12.0. The number of anilines is 1. The Morgan fingerprint density at radius 3 is 2.61 bits per heavy atom. The summed E-state index contributed by atoms with van der Waals surface area (Å²) in [6.45, 7) is 9.76. The maximum absolute atomic E-state index is 12.0. The van der Waals surface area contributed by atoms with Gasteiger partial charge in [-0.2, -0.15) is 0 Å². The van der Waals surface area contributed by atoms with Gasteiger partial charge in [-0.15, -0.1) is 11.3 Å². The number of thiophene rings is 1. The minimum atomic E-state index is -0.389. The summed E-state index contributed by atoms with van der Waals surface area (Å²) in [7, 11) is 0. The number of amides is 1. The van der Waals surface area contributed by atoms with E-state index in [0.717, 1.165) is 27.2 Å². The molecule has 0 aliphatic carbocycles. The second-order valence-corrected chi connectivity index (χ2v) is 6.47. The fraction of sp³-hybridized carbons (Fsp3) is 0.429. The molecule has 0 aromatic carbocycles. The van der Waals surface area contributed by atoms with Crippen molar-refractivity contribution in [2.75, 3.05) is 5.32 Å². The molecule has 1 N–H and O–H groups in total. The lowest BCUT2D eigenvalue weighted by Crippen LogP contribution is -2.27. The zero-order valence-electron chi connectivity index (χ0n) is 11.4. The summed E-state index contributed by atoms with van der Waals surface area (Å²) in [4.78, 5) is 17.5. The van der Waals surface area contributed by atoms with Gasteiger partial charge >= 0.3 is 0 Å². The van der Waals surface area contributed by atoms with Crippen molar-refractivity contribution in [1.29, 1.82) is 0 Å². The molecule has 1 amide bonds. The average molecular weight is 262 g/mol. The van der Waals surface area contributed by atoms with Crippen LogP contribution in [0, 0.1) is 19.3 Å². The number of aryl methyl sites for hydroxylation is 2. The molecule has 4 heteroatoms. The summed E-state index contributed by atoms with van der Waals surface area (Å²) >= 11 is 1.57. The summed E-state index contributed by atoms with van der Waals surface area (Å²) < 4.78 is 0. The summed E-state index contributed by atoms with van der Waals surface area (Å²) in [6.07, 6.45) is 0. The highest BCUT2D eigenvalue weighted by molar-refractivity contribution is 7.17. The van der Waals surface area contributed by atoms with Gasteiger partial charge in [0.1, 0.15) is 4.83 Å². The van der Waals surface area contributed by atoms with Gasteiger partial charge in [0.2, 0.25) is 5.91 Å². The summed E-state index contributed by atoms with van der Waals surface area (Å²) in [6, 6.07) is 2.04. The standard InChI is InChI=1S/C14H18N2OS/c1-8-6-9(2)15-12-11(8)10(7-18-12)16-13(17)14(3,4)5/h6-7H,1-5H3,(H,16,17). The minimum absolute atomic E-state index is 0.0298. The van der Waals surface area contributed by atoms with E-state index in [9.17, 15) is 4.79 Å². The van der Waals surface area contributed by atoms with Crippen molar-refractivity contribution in [2.24, 2.45) is 5.41 Å². The Bertz CT molecular complexity index is 608. The predicted octanol–water partition coefficient (Wildman–Crippen LogP) is 3.90. The molecule has 0 bridgehead atoms. The molecule has 2 aromatic heterocycles. The fourth-order valence-electron chi connectivity index (χ4n) is 1.79. The number of fused-ring (bicyclic) bond motifs is 1. The molecule has 2 rings (SSSR count). The molecule has 0 spiro atoms. The molecular weight excluding hydrogens is 244 g/mol. The van der Waals surface area contributed by atoms with Crippen LogP contribution in [0.5, 0.6) is 0 Å². The average Bonchev–Trinajstić information content (AvgIpc) is 2.59. The van der Waals surface area contributed by atoms with E-state index in [1.54, 1.807) is 11.3 Å². The molecule has 0 unspecified atom stereocenters. The Morgan fingerprint density at radius 1 is 1.33 bits per heavy atom. The number of carbonyl (C=O) groups is 1. The minimum Gasteiger partial charge on any atom is -0.324 e. The van der Waals surface area contributed by atoms with Crippen LogP contribution in [-0.4, -0.2) is 10.9 Å². The number of carbonyl (C=O) groups excluding carboxylic acids is 1. The first-order valence-electron chi connectivity index (χ1n) is 5.96. The van der Waals surface area contributed by atoms with Crippen molar-refractivity contribution in [3.05, 3.63) is 22.7 Å². The van der Waals surface area contributed by atoms with Crippen LogP contribution < -0.4 is 5.32 Å². The first-order chi connectivity index (χ1) is 8.29. The molecule has 0 saturated carbocycles. The van der Waals surface area contributed by atoms with Crippen molar-refractivity contribution >= 4 is 33.1 Å². The van der Waals surface area contributed by atoms with Gasteiger partial charge in [0.05, 0.1) is 5.69 Å². The number of rotatable bonds is 1. The Balaban J connectivity index is 2.45. The lowest BCUT2D eigenvalue weighted by Gasteiger charge is -2.17. The zero-order chi connectivity index (χ0) is 13.5. The van der Waals surface area contributed by atoms with Crippen LogP contribution in [0.15, 0.2) is 11.4 Å². The highest BCUT2D eigenvalue weighted by Gasteiger charge is 2.22. The third kappa shape index (κ3) is 2.38. The lowest BCUT2D eigenvalue weighted by atomic mass is 9.95. The SMILES string of the molecule is Cc1cc(C)c2c(NC(=O)C(C)(C)C)csc2n1. The van der Waals surface area contributed by atoms with Gasteiger partial charge in [0.15, 0.2) is 0 Å². The zero-order valence-corrected chi connectivity index (χ0v) is 12.2. The smallest absolute Gasteiger partial charge is 0.229 e. The fourth-order valence-corrected chi connectivity index (χ4v) is 2.78. The predicted molar refractivity (Wildman–Crippen MR) is 77.2 cm³/mol. The second-order valence-electron chi connectivity index (χ2n) is 5.61. The van der Waals surface area contributed by atoms with Crippen LogP contribution in [-0.2, 0) is 4.79 Å². The number of pyridine rings is 1. The Labute approximate surface area is 111 Å². The van der Waals surface area contributed by atoms with Crippen molar-refractivity contribution in [3.8, 4) is 0 Å². The van der Waals surface area contributed by atoms with Crippen LogP contribution in [0.2, 0.25) is 0 Å². The normalized spacial score (nSPS) is 11.8. The second kappa shape index (κ2) is 4.35. The van der Waals surface area contributed by atoms with Crippen molar-refractivity contribution in [3.63, 3.8) is 0 Å². The number of nitrogens with one attached hydrogen (secondary N) is 1. The Hall–Kier alpha value is -1.42. The molecular formula is C14H18N2OS. The number of hydrogen-bond donors (Lipinski definition) is 1. The monoisotopic (exact) mass is 262 g/mol. The van der Waals surface area contributed by atoms with Crippen LogP contribution in [0.4, 0.5) is 5.69 Å². The van der Waals surface area contributed by atoms with E-state index in [2.05, 4.69) is 17.2 Å². The molecule has 0 aliphatic rings. The van der Waals surface area contributed by atoms with Crippen LogP contribution in [0.1, 0.15) is 32.0 Å². The van der Waals surface area contributed by atoms with Gasteiger partial charge in [-0.1, -0.05) is 20.8 Å². The number of aromatic nitrogens is 1. The van der Waals surface area contributed by atoms with Gasteiger partial charge in [0, 0.05) is 21.9 Å². The topological polar surface area (TPSA) is 42.0 Å². The molecule has 2 heterocycles. The molecule has 3 nitrogen and oxygen atoms in total. The van der Waals surface area contributed by atoms with Crippen molar-refractivity contribution in [1.82, 2.24) is 4.98 Å². The van der Waals surface area contributed by atoms with Crippen LogP contribution in [0.3, 0.4) is 0 Å². The van der Waals surface area contributed by atoms with E-state index in [-0.39, 0.29) is 11.3 Å². The maximum Gasteiger partial charge on any atom is 0.229 e. The van der Waals surface area contributed by atoms with E-state index >= 15 is 0 Å². The Morgan fingerprint density at radius 2 is 2.00 bits per heavy atom. The van der Waals surface area contributed by atoms with Gasteiger partial charge < -0.3 is 5.32 Å². The first-order valence-corrected chi connectivity index (χ1v) is 6.84. The summed E-state index contributed by atoms with van der Waals surface area (Å²) in [5, 5.41) is 6.02. The van der Waals surface area contributed by atoms with Gasteiger partial charge in [0.25, 0.3) is 0 Å². The third-order valence-corrected chi connectivity index (χ3v) is 3.67. The van der Waals surface area contributed by atoms with Gasteiger partial charge in [-0.25, -0.2) is 4.98 Å². The Kier molecular flexibility index (Phi) is 3.15. The number of hydrogen-bond acceptors (Lipinski definition) is 3. The van der Waals surface area contributed by atoms with E-state index in [4.69, 9.17) is 0 Å². The van der Waals surface area contributed by atoms with Crippen molar-refractivity contribution < 1.29 is 4.79 Å². The van der Waals surface area contributed by atoms with E-state index < -0.39 is 0 Å². The van der Waals surface area contributed by atoms with Crippen LogP contribution >= 0.6 is 11.3 Å². The first kappa shape index (κ1) is 13.0. The highest BCUT2D eigenvalue weighted by Crippen LogP contribution is 2.32. The number of nitrogens with zero attached hydrogens (tertiary/aromatic N) is 1. The molecule has 18 heavy (non-hydrogen) atoms. The van der Waals surface area contributed by atoms with Gasteiger partial charge in [-0.05, 0) is 25.5 Å². The summed E-state index contributed by atoms with van der Waals surface area (Å²) in [5.41, 5.74) is 2.65. The third-order valence-electron chi connectivity index (χ3n) is 2.80. The molecule has 0 saturated heterocycles. The molecule has 0 radical (unpaired) electrons. The summed E-state index contributed by atoms with van der Waals surface area (Å²) in [5.74, 6) is 0.0298. The molecule has 0 atom stereocenters. The van der Waals surface area contributed by atoms with E-state index in [1.165, 1.54) is 0 Å². The molecule has 2 aromatic rings. The van der Waals surface area contributed by atoms with E-state index in [0.29, 0.717) is 0 Å². The largest absolute Gasteiger partial charge is 0.324 e. The molecule has 96 valence electrons. The molecule has 0 aliphatic heterocycles. The lowest BCUT2D eigenvalue weighted by molar-refractivity contribution is -0.123. The van der Waals surface area contributed by atoms with Crippen molar-refractivity contribution in [2.45, 2.75) is 34.6 Å². The quantitative estimate of drug-likeness (QED) is 0.847. The molecule has 0 fully saturated rings. The van der Waals surface area contributed by atoms with Crippen LogP contribution in [0.25, 0.3) is 10.2 Å². The highest BCUT2D eigenvalue weighted by atomic mass is 32.1. The van der Waals surface area contributed by atoms with Gasteiger partial charge in [-0.3, -0.25) is 4.79 Å².